The highest BCUT2D eigenvalue weighted by molar-refractivity contribution is 6.22. The molecule has 100 valence electrons. The van der Waals surface area contributed by atoms with Gasteiger partial charge in [-0.05, 0) is 21.9 Å². The zero-order valence-electron chi connectivity index (χ0n) is 10.6. The average Bonchev–Trinajstić information content (AvgIpc) is 2.44. The third-order valence-electron chi connectivity index (χ3n) is 3.09. The molecule has 20 heavy (non-hydrogen) atoms. The fourth-order valence-corrected chi connectivity index (χ4v) is 2.07. The Bertz CT molecular complexity index is 691. The highest BCUT2D eigenvalue weighted by Gasteiger charge is 2.15. The first-order valence-electron chi connectivity index (χ1n) is 5.80. The van der Waals surface area contributed by atoms with Crippen molar-refractivity contribution in [1.82, 2.24) is 0 Å². The number of benzene rings is 2. The second kappa shape index (κ2) is 5.01. The molecule has 2 N–H and O–H groups in total. The molecule has 0 aliphatic rings. The second-order valence-electron chi connectivity index (χ2n) is 4.27. The van der Waals surface area contributed by atoms with Gasteiger partial charge in [0.25, 0.3) is 0 Å². The Hall–Kier alpha value is -2.88. The summed E-state index contributed by atoms with van der Waals surface area (Å²) in [6, 6.07) is 10.1. The van der Waals surface area contributed by atoms with Crippen LogP contribution in [0, 0.1) is 0 Å². The highest BCUT2D eigenvalue weighted by atomic mass is 16.4. The van der Waals surface area contributed by atoms with E-state index in [2.05, 4.69) is 13.2 Å². The lowest BCUT2D eigenvalue weighted by Crippen LogP contribution is -2.01. The van der Waals surface area contributed by atoms with Gasteiger partial charge in [0.05, 0.1) is 11.1 Å². The third kappa shape index (κ3) is 2.19. The van der Waals surface area contributed by atoms with Gasteiger partial charge in [-0.25, -0.2) is 9.59 Å². The summed E-state index contributed by atoms with van der Waals surface area (Å²) in [5.41, 5.74) is 0.868. The Morgan fingerprint density at radius 3 is 1.40 bits per heavy atom. The minimum atomic E-state index is -1.11. The molecule has 0 saturated heterocycles. The minimum Gasteiger partial charge on any atom is -0.478 e. The van der Waals surface area contributed by atoms with Gasteiger partial charge in [-0.1, -0.05) is 49.6 Å². The SMILES string of the molecule is C=C(C(=O)O)c1cccc2c(C(=C)C(=O)O)cccc12. The molecule has 0 aliphatic carbocycles. The molecule has 4 heteroatoms. The summed E-state index contributed by atoms with van der Waals surface area (Å²) >= 11 is 0. The van der Waals surface area contributed by atoms with E-state index < -0.39 is 11.9 Å². The standard InChI is InChI=1S/C16H12O4/c1-9(15(17)18)11-5-3-8-14-12(10(2)16(19)20)6-4-7-13(11)14/h3-8H,1-2H2,(H,17,18)(H,19,20). The molecular weight excluding hydrogens is 256 g/mol. The molecule has 0 aromatic heterocycles. The Balaban J connectivity index is 2.76. The van der Waals surface area contributed by atoms with Gasteiger partial charge >= 0.3 is 11.9 Å². The first kappa shape index (κ1) is 13.5. The number of carboxylic acid groups (broad SMARTS) is 2. The molecule has 2 aromatic rings. The van der Waals surface area contributed by atoms with Crippen LogP contribution in [-0.2, 0) is 9.59 Å². The average molecular weight is 268 g/mol. The number of hydrogen-bond acceptors (Lipinski definition) is 2. The lowest BCUT2D eigenvalue weighted by molar-refractivity contribution is -0.131. The van der Waals surface area contributed by atoms with Gasteiger partial charge in [0.1, 0.15) is 0 Å². The fraction of sp³-hybridized carbons (Fsp3) is 0. The first-order valence-corrected chi connectivity index (χ1v) is 5.80. The molecule has 0 saturated carbocycles. The van der Waals surface area contributed by atoms with E-state index in [1.165, 1.54) is 0 Å². The van der Waals surface area contributed by atoms with Crippen molar-refractivity contribution in [2.75, 3.05) is 0 Å². The summed E-state index contributed by atoms with van der Waals surface area (Å²) in [6.07, 6.45) is 0. The van der Waals surface area contributed by atoms with Gasteiger partial charge in [0.2, 0.25) is 0 Å². The first-order chi connectivity index (χ1) is 9.43. The van der Waals surface area contributed by atoms with Crippen LogP contribution in [0.15, 0.2) is 49.6 Å². The molecule has 0 unspecified atom stereocenters. The smallest absolute Gasteiger partial charge is 0.335 e. The van der Waals surface area contributed by atoms with Gasteiger partial charge in [0, 0.05) is 0 Å². The summed E-state index contributed by atoms with van der Waals surface area (Å²) in [5, 5.41) is 19.4. The van der Waals surface area contributed by atoms with Crippen LogP contribution in [0.1, 0.15) is 11.1 Å². The second-order valence-corrected chi connectivity index (χ2v) is 4.27. The molecule has 2 rings (SSSR count). The van der Waals surface area contributed by atoms with E-state index in [0.29, 0.717) is 21.9 Å². The van der Waals surface area contributed by atoms with Crippen molar-refractivity contribution < 1.29 is 19.8 Å². The molecule has 0 fully saturated rings. The lowest BCUT2D eigenvalue weighted by Gasteiger charge is -2.10. The van der Waals surface area contributed by atoms with Gasteiger partial charge in [0.15, 0.2) is 0 Å². The van der Waals surface area contributed by atoms with Crippen molar-refractivity contribution in [2.45, 2.75) is 0 Å². The van der Waals surface area contributed by atoms with E-state index in [1.807, 2.05) is 0 Å². The lowest BCUT2D eigenvalue weighted by atomic mass is 9.94. The van der Waals surface area contributed by atoms with E-state index in [-0.39, 0.29) is 11.1 Å². The zero-order chi connectivity index (χ0) is 14.9. The summed E-state index contributed by atoms with van der Waals surface area (Å²) in [7, 11) is 0. The van der Waals surface area contributed by atoms with Crippen molar-refractivity contribution in [3.63, 3.8) is 0 Å². The van der Waals surface area contributed by atoms with Crippen molar-refractivity contribution in [2.24, 2.45) is 0 Å². The third-order valence-corrected chi connectivity index (χ3v) is 3.09. The fourth-order valence-electron chi connectivity index (χ4n) is 2.07. The molecule has 0 aliphatic heterocycles. The molecule has 0 atom stereocenters. The highest BCUT2D eigenvalue weighted by Crippen LogP contribution is 2.29. The Morgan fingerprint density at radius 1 is 0.750 bits per heavy atom. The van der Waals surface area contributed by atoms with E-state index >= 15 is 0 Å². The van der Waals surface area contributed by atoms with Crippen LogP contribution in [0.3, 0.4) is 0 Å². The van der Waals surface area contributed by atoms with Crippen LogP contribution in [0.5, 0.6) is 0 Å². The monoisotopic (exact) mass is 268 g/mol. The molecule has 2 aromatic carbocycles. The van der Waals surface area contributed by atoms with Crippen LogP contribution in [0.4, 0.5) is 0 Å². The van der Waals surface area contributed by atoms with E-state index in [4.69, 9.17) is 10.2 Å². The maximum absolute atomic E-state index is 11.1. The Labute approximate surface area is 115 Å². The van der Waals surface area contributed by atoms with Crippen LogP contribution in [-0.4, -0.2) is 22.2 Å². The number of carbonyl (C=O) groups is 2. The van der Waals surface area contributed by atoms with Gasteiger partial charge < -0.3 is 10.2 Å². The summed E-state index contributed by atoms with van der Waals surface area (Å²) < 4.78 is 0. The predicted molar refractivity (Wildman–Crippen MR) is 77.3 cm³/mol. The van der Waals surface area contributed by atoms with Gasteiger partial charge in [-0.3, -0.25) is 0 Å². The largest absolute Gasteiger partial charge is 0.478 e. The minimum absolute atomic E-state index is 0.0336. The molecule has 0 bridgehead atoms. The molecule has 4 nitrogen and oxygen atoms in total. The predicted octanol–water partition coefficient (Wildman–Crippen LogP) is 3.04. The normalized spacial score (nSPS) is 10.2. The molecule has 0 heterocycles. The molecule has 0 radical (unpaired) electrons. The summed E-state index contributed by atoms with van der Waals surface area (Å²) in [6.45, 7) is 7.09. The molecular formula is C16H12O4. The maximum atomic E-state index is 11.1. The Morgan fingerprint density at radius 2 is 1.10 bits per heavy atom. The quantitative estimate of drug-likeness (QED) is 0.836. The van der Waals surface area contributed by atoms with Crippen molar-refractivity contribution >= 4 is 33.9 Å². The van der Waals surface area contributed by atoms with Gasteiger partial charge in [-0.15, -0.1) is 0 Å². The van der Waals surface area contributed by atoms with Crippen LogP contribution >= 0.6 is 0 Å². The van der Waals surface area contributed by atoms with E-state index in [0.717, 1.165) is 0 Å². The number of hydrogen-bond donors (Lipinski definition) is 2. The zero-order valence-corrected chi connectivity index (χ0v) is 10.6. The number of aliphatic carboxylic acids is 2. The molecule has 0 amide bonds. The van der Waals surface area contributed by atoms with Crippen molar-refractivity contribution in [3.05, 3.63) is 60.7 Å². The number of rotatable bonds is 4. The van der Waals surface area contributed by atoms with E-state index in [1.54, 1.807) is 36.4 Å². The van der Waals surface area contributed by atoms with Crippen molar-refractivity contribution in [3.8, 4) is 0 Å². The van der Waals surface area contributed by atoms with Gasteiger partial charge in [-0.2, -0.15) is 0 Å². The summed E-state index contributed by atoms with van der Waals surface area (Å²) in [4.78, 5) is 22.1. The van der Waals surface area contributed by atoms with Crippen LogP contribution < -0.4 is 0 Å². The molecule has 0 spiro atoms. The Kier molecular flexibility index (Phi) is 3.39. The topological polar surface area (TPSA) is 74.6 Å². The maximum Gasteiger partial charge on any atom is 0.335 e. The number of carboxylic acids is 2. The van der Waals surface area contributed by atoms with Crippen molar-refractivity contribution in [1.29, 1.82) is 0 Å². The summed E-state index contributed by atoms with van der Waals surface area (Å²) in [5.74, 6) is -2.22. The van der Waals surface area contributed by atoms with Crippen LogP contribution in [0.25, 0.3) is 21.9 Å². The van der Waals surface area contributed by atoms with E-state index in [9.17, 15) is 9.59 Å². The van der Waals surface area contributed by atoms with Crippen LogP contribution in [0.2, 0.25) is 0 Å². The number of fused-ring (bicyclic) bond motifs is 1.